The molecule has 0 aliphatic rings. The SMILES string of the molecule is Cc1ccc(-c2noc(CSc3nn(C)c(=S)s3)n2)cc1. The van der Waals surface area contributed by atoms with Gasteiger partial charge in [-0.3, -0.25) is 0 Å². The van der Waals surface area contributed by atoms with Crippen LogP contribution < -0.4 is 0 Å². The minimum Gasteiger partial charge on any atom is -0.338 e. The van der Waals surface area contributed by atoms with E-state index in [2.05, 4.69) is 15.2 Å². The van der Waals surface area contributed by atoms with Crippen molar-refractivity contribution in [2.45, 2.75) is 17.0 Å². The van der Waals surface area contributed by atoms with Crippen molar-refractivity contribution in [1.82, 2.24) is 19.9 Å². The lowest BCUT2D eigenvalue weighted by Gasteiger charge is -1.94. The van der Waals surface area contributed by atoms with Crippen molar-refractivity contribution >= 4 is 35.3 Å². The fraction of sp³-hybridized carbons (Fsp3) is 0.231. The quantitative estimate of drug-likeness (QED) is 0.532. The molecule has 2 heterocycles. The van der Waals surface area contributed by atoms with Crippen LogP contribution >= 0.6 is 35.3 Å². The van der Waals surface area contributed by atoms with E-state index in [1.165, 1.54) is 16.9 Å². The van der Waals surface area contributed by atoms with Crippen LogP contribution in [0, 0.1) is 10.9 Å². The molecule has 0 saturated heterocycles. The third-order valence-electron chi connectivity index (χ3n) is 2.77. The van der Waals surface area contributed by atoms with Gasteiger partial charge in [0.1, 0.15) is 0 Å². The Morgan fingerprint density at radius 1 is 1.33 bits per heavy atom. The van der Waals surface area contributed by atoms with Gasteiger partial charge in [-0.2, -0.15) is 10.1 Å². The van der Waals surface area contributed by atoms with Gasteiger partial charge in [-0.1, -0.05) is 58.1 Å². The van der Waals surface area contributed by atoms with Crippen molar-refractivity contribution in [3.05, 3.63) is 39.7 Å². The van der Waals surface area contributed by atoms with Crippen molar-refractivity contribution in [2.75, 3.05) is 0 Å². The molecule has 1 aromatic carbocycles. The first-order valence-corrected chi connectivity index (χ1v) is 8.39. The lowest BCUT2D eigenvalue weighted by atomic mass is 10.1. The summed E-state index contributed by atoms with van der Waals surface area (Å²) in [6.07, 6.45) is 0. The van der Waals surface area contributed by atoms with Gasteiger partial charge >= 0.3 is 0 Å². The van der Waals surface area contributed by atoms with Crippen LogP contribution in [0.1, 0.15) is 11.5 Å². The molecule has 8 heteroatoms. The Kier molecular flexibility index (Phi) is 4.18. The van der Waals surface area contributed by atoms with Crippen LogP contribution in [-0.4, -0.2) is 19.9 Å². The van der Waals surface area contributed by atoms with Gasteiger partial charge in [0.05, 0.1) is 5.75 Å². The second kappa shape index (κ2) is 6.08. The number of aryl methyl sites for hydroxylation is 2. The summed E-state index contributed by atoms with van der Waals surface area (Å²) in [6.45, 7) is 2.05. The van der Waals surface area contributed by atoms with Gasteiger partial charge in [0, 0.05) is 12.6 Å². The molecule has 108 valence electrons. The van der Waals surface area contributed by atoms with Crippen molar-refractivity contribution in [3.63, 3.8) is 0 Å². The molecule has 0 aliphatic heterocycles. The first-order chi connectivity index (χ1) is 10.1. The standard InChI is InChI=1S/C13H12N4OS3/c1-8-3-5-9(6-4-8)11-14-10(18-16-11)7-20-12-15-17(2)13(19)21-12/h3-6H,7H2,1-2H3. The molecule has 21 heavy (non-hydrogen) atoms. The van der Waals surface area contributed by atoms with E-state index in [4.69, 9.17) is 16.7 Å². The van der Waals surface area contributed by atoms with E-state index in [1.54, 1.807) is 16.4 Å². The first-order valence-electron chi connectivity index (χ1n) is 6.18. The Labute approximate surface area is 135 Å². The zero-order valence-corrected chi connectivity index (χ0v) is 13.9. The number of rotatable bonds is 4. The molecule has 2 aromatic heterocycles. The van der Waals surface area contributed by atoms with E-state index in [1.807, 2.05) is 38.2 Å². The van der Waals surface area contributed by atoms with Crippen molar-refractivity contribution < 1.29 is 4.52 Å². The van der Waals surface area contributed by atoms with E-state index < -0.39 is 0 Å². The fourth-order valence-electron chi connectivity index (χ4n) is 1.64. The maximum Gasteiger partial charge on any atom is 0.237 e. The Morgan fingerprint density at radius 2 is 2.10 bits per heavy atom. The summed E-state index contributed by atoms with van der Waals surface area (Å²) in [5.41, 5.74) is 2.16. The summed E-state index contributed by atoms with van der Waals surface area (Å²) >= 11 is 8.16. The summed E-state index contributed by atoms with van der Waals surface area (Å²) in [6, 6.07) is 8.03. The highest BCUT2D eigenvalue weighted by Gasteiger charge is 2.10. The van der Waals surface area contributed by atoms with Gasteiger partial charge in [-0.25, -0.2) is 4.68 Å². The van der Waals surface area contributed by atoms with Crippen LogP contribution in [0.5, 0.6) is 0 Å². The van der Waals surface area contributed by atoms with E-state index in [9.17, 15) is 0 Å². The van der Waals surface area contributed by atoms with Crippen molar-refractivity contribution in [2.24, 2.45) is 7.05 Å². The van der Waals surface area contributed by atoms with E-state index in [0.29, 0.717) is 17.5 Å². The second-order valence-electron chi connectivity index (χ2n) is 4.42. The molecule has 5 nitrogen and oxygen atoms in total. The highest BCUT2D eigenvalue weighted by molar-refractivity contribution is 8.00. The summed E-state index contributed by atoms with van der Waals surface area (Å²) < 4.78 is 8.61. The largest absolute Gasteiger partial charge is 0.338 e. The summed E-state index contributed by atoms with van der Waals surface area (Å²) in [7, 11) is 1.84. The average Bonchev–Trinajstić information content (AvgIpc) is 3.05. The van der Waals surface area contributed by atoms with Crippen molar-refractivity contribution in [3.8, 4) is 11.4 Å². The summed E-state index contributed by atoms with van der Waals surface area (Å²) in [5, 5.41) is 8.31. The second-order valence-corrected chi connectivity index (χ2v) is 7.27. The van der Waals surface area contributed by atoms with Crippen LogP contribution in [0.4, 0.5) is 0 Å². The van der Waals surface area contributed by atoms with Gasteiger partial charge in [0.25, 0.3) is 0 Å². The normalized spacial score (nSPS) is 11.0. The van der Waals surface area contributed by atoms with Gasteiger partial charge in [0.2, 0.25) is 11.7 Å². The monoisotopic (exact) mass is 336 g/mol. The first kappa shape index (κ1) is 14.4. The van der Waals surface area contributed by atoms with E-state index in [0.717, 1.165) is 13.9 Å². The van der Waals surface area contributed by atoms with Gasteiger partial charge in [0.15, 0.2) is 8.29 Å². The maximum atomic E-state index is 5.27. The average molecular weight is 336 g/mol. The van der Waals surface area contributed by atoms with Crippen LogP contribution in [0.25, 0.3) is 11.4 Å². The van der Waals surface area contributed by atoms with Crippen LogP contribution in [0.2, 0.25) is 0 Å². The molecular weight excluding hydrogens is 324 g/mol. The smallest absolute Gasteiger partial charge is 0.237 e. The number of nitrogens with zero attached hydrogens (tertiary/aromatic N) is 4. The topological polar surface area (TPSA) is 56.7 Å². The molecule has 0 spiro atoms. The third kappa shape index (κ3) is 3.39. The molecule has 3 aromatic rings. The number of hydrogen-bond acceptors (Lipinski definition) is 7. The molecular formula is C13H12N4OS3. The number of benzene rings is 1. The van der Waals surface area contributed by atoms with Gasteiger partial charge in [-0.05, 0) is 19.1 Å². The summed E-state index contributed by atoms with van der Waals surface area (Å²) in [4.78, 5) is 4.40. The van der Waals surface area contributed by atoms with Gasteiger partial charge < -0.3 is 4.52 Å². The molecule has 0 atom stereocenters. The zero-order valence-electron chi connectivity index (χ0n) is 11.4. The Balaban J connectivity index is 1.70. The summed E-state index contributed by atoms with van der Waals surface area (Å²) in [5.74, 6) is 1.78. The molecule has 0 radical (unpaired) electrons. The van der Waals surface area contributed by atoms with E-state index >= 15 is 0 Å². The van der Waals surface area contributed by atoms with E-state index in [-0.39, 0.29) is 0 Å². The molecule has 0 unspecified atom stereocenters. The highest BCUT2D eigenvalue weighted by Crippen LogP contribution is 2.25. The Bertz CT molecular complexity index is 803. The molecule has 0 N–H and O–H groups in total. The molecule has 3 rings (SSSR count). The fourth-order valence-corrected chi connectivity index (χ4v) is 3.75. The van der Waals surface area contributed by atoms with Gasteiger partial charge in [-0.15, -0.1) is 0 Å². The minimum absolute atomic E-state index is 0.583. The maximum absolute atomic E-state index is 5.27. The highest BCUT2D eigenvalue weighted by atomic mass is 32.2. The van der Waals surface area contributed by atoms with Crippen LogP contribution in [0.15, 0.2) is 33.1 Å². The molecule has 0 amide bonds. The number of hydrogen-bond donors (Lipinski definition) is 0. The molecule has 0 bridgehead atoms. The molecule has 0 fully saturated rings. The Hall–Kier alpha value is -1.51. The predicted octanol–water partition coefficient (Wildman–Crippen LogP) is 3.86. The molecule has 0 aliphatic carbocycles. The lowest BCUT2D eigenvalue weighted by molar-refractivity contribution is 0.391. The number of thioether (sulfide) groups is 1. The van der Waals surface area contributed by atoms with Crippen molar-refractivity contribution in [1.29, 1.82) is 0 Å². The van der Waals surface area contributed by atoms with Crippen LogP contribution in [-0.2, 0) is 12.8 Å². The Morgan fingerprint density at radius 3 is 2.76 bits per heavy atom. The lowest BCUT2D eigenvalue weighted by Crippen LogP contribution is -1.89. The molecule has 0 saturated carbocycles. The minimum atomic E-state index is 0.583. The predicted molar refractivity (Wildman–Crippen MR) is 86.0 cm³/mol. The zero-order chi connectivity index (χ0) is 14.8. The van der Waals surface area contributed by atoms with Crippen LogP contribution in [0.3, 0.4) is 0 Å². The third-order valence-corrected chi connectivity index (χ3v) is 5.30. The number of aromatic nitrogens is 4.